The highest BCUT2D eigenvalue weighted by Gasteiger charge is 1.96. The number of amides is 1. The molecule has 0 heterocycles. The van der Waals surface area contributed by atoms with Crippen LogP contribution in [0, 0.1) is 6.42 Å². The molecule has 0 atom stereocenters. The molecule has 1 rings (SSSR count). The first-order valence-corrected chi connectivity index (χ1v) is 3.93. The van der Waals surface area contributed by atoms with Gasteiger partial charge in [0.2, 0.25) is 5.91 Å². The number of hydrogen-bond donors (Lipinski definition) is 1. The van der Waals surface area contributed by atoms with Crippen molar-refractivity contribution in [2.45, 2.75) is 6.42 Å². The molecule has 0 aliphatic rings. The Morgan fingerprint density at radius 1 is 1.42 bits per heavy atom. The molecule has 0 spiro atoms. The average molecular weight is 183 g/mol. The van der Waals surface area contributed by atoms with Crippen molar-refractivity contribution in [1.29, 1.82) is 0 Å². The van der Waals surface area contributed by atoms with E-state index < -0.39 is 0 Å². The maximum absolute atomic E-state index is 10.4. The average Bonchev–Trinajstić information content (AvgIpc) is 2.03. The van der Waals surface area contributed by atoms with Crippen LogP contribution in [-0.2, 0) is 4.79 Å². The van der Waals surface area contributed by atoms with Gasteiger partial charge in [0.15, 0.2) is 0 Å². The number of rotatable bonds is 3. The molecule has 2 N–H and O–H groups in total. The number of primary amides is 1. The number of hydrogen-bond acceptors (Lipinski definition) is 1. The topological polar surface area (TPSA) is 43.1 Å². The molecular weight excluding hydrogens is 174 g/mol. The second-order valence-corrected chi connectivity index (χ2v) is 2.86. The lowest BCUT2D eigenvalue weighted by atomic mass is 10.1. The fraction of sp³-hybridized carbons (Fsp3) is 0.111. The normalized spacial score (nSPS) is 9.75. The quantitative estimate of drug-likeness (QED) is 0.761. The molecule has 0 saturated carbocycles. The first-order chi connectivity index (χ1) is 5.68. The highest BCUT2D eigenvalue weighted by Crippen LogP contribution is 2.11. The van der Waals surface area contributed by atoms with E-state index in [-0.39, 0.29) is 12.3 Å². The van der Waals surface area contributed by atoms with Crippen molar-refractivity contribution in [3.63, 3.8) is 0 Å². The minimum atomic E-state index is -0.329. The van der Waals surface area contributed by atoms with E-state index in [1.165, 1.54) is 0 Å². The monoisotopic (exact) mass is 182 g/mol. The Bertz CT molecular complexity index is 268. The maximum Gasteiger partial charge on any atom is 0.218 e. The zero-order valence-electron chi connectivity index (χ0n) is 6.46. The summed E-state index contributed by atoms with van der Waals surface area (Å²) >= 11 is 5.67. The van der Waals surface area contributed by atoms with Crippen LogP contribution in [0.3, 0.4) is 0 Å². The van der Waals surface area contributed by atoms with Gasteiger partial charge in [-0.15, -0.1) is 0 Å². The van der Waals surface area contributed by atoms with E-state index in [1.807, 2.05) is 12.1 Å². The molecule has 3 heteroatoms. The number of benzene rings is 1. The predicted octanol–water partition coefficient (Wildman–Crippen LogP) is 1.77. The van der Waals surface area contributed by atoms with Crippen LogP contribution in [0.4, 0.5) is 0 Å². The largest absolute Gasteiger partial charge is 0.370 e. The molecule has 0 unspecified atom stereocenters. The fourth-order valence-electron chi connectivity index (χ4n) is 0.817. The van der Waals surface area contributed by atoms with Crippen LogP contribution in [0.5, 0.6) is 0 Å². The number of nitrogens with two attached hydrogens (primary N) is 1. The molecule has 2 nitrogen and oxygen atoms in total. The van der Waals surface area contributed by atoms with Crippen molar-refractivity contribution in [2.24, 2.45) is 5.73 Å². The van der Waals surface area contributed by atoms with Gasteiger partial charge >= 0.3 is 0 Å². The van der Waals surface area contributed by atoms with Crippen LogP contribution in [0.25, 0.3) is 0 Å². The first kappa shape index (κ1) is 9.07. The van der Waals surface area contributed by atoms with Crippen molar-refractivity contribution in [3.8, 4) is 0 Å². The van der Waals surface area contributed by atoms with Crippen LogP contribution in [-0.4, -0.2) is 5.91 Å². The summed E-state index contributed by atoms with van der Waals surface area (Å²) in [7, 11) is 0. The molecule has 0 fully saturated rings. The molecule has 1 radical (unpaired) electrons. The molecule has 63 valence electrons. The second-order valence-electron chi connectivity index (χ2n) is 2.43. The summed E-state index contributed by atoms with van der Waals surface area (Å²) in [6.07, 6.45) is 2.03. The molecule has 1 aromatic carbocycles. The standard InChI is InChI=1S/C9H9ClNO/c10-8-4-1-7(2-5-8)3-6-9(11)12/h1-5H,6H2,(H2,11,12). The lowest BCUT2D eigenvalue weighted by Crippen LogP contribution is -2.10. The van der Waals surface area contributed by atoms with Crippen molar-refractivity contribution >= 4 is 17.5 Å². The highest BCUT2D eigenvalue weighted by molar-refractivity contribution is 6.30. The van der Waals surface area contributed by atoms with E-state index in [9.17, 15) is 4.79 Å². The van der Waals surface area contributed by atoms with Crippen LogP contribution in [0.1, 0.15) is 12.0 Å². The van der Waals surface area contributed by atoms with Crippen LogP contribution in [0.2, 0.25) is 5.02 Å². The zero-order chi connectivity index (χ0) is 8.97. The third kappa shape index (κ3) is 2.93. The van der Waals surface area contributed by atoms with E-state index in [0.717, 1.165) is 5.56 Å². The van der Waals surface area contributed by atoms with Gasteiger partial charge in [0, 0.05) is 11.4 Å². The Morgan fingerprint density at radius 2 is 2.00 bits per heavy atom. The van der Waals surface area contributed by atoms with Crippen LogP contribution < -0.4 is 5.73 Å². The van der Waals surface area contributed by atoms with E-state index in [2.05, 4.69) is 0 Å². The van der Waals surface area contributed by atoms with E-state index in [4.69, 9.17) is 17.3 Å². The summed E-state index contributed by atoms with van der Waals surface area (Å²) < 4.78 is 0. The van der Waals surface area contributed by atoms with Gasteiger partial charge in [-0.1, -0.05) is 23.7 Å². The van der Waals surface area contributed by atoms with Crippen LogP contribution >= 0.6 is 11.6 Å². The molecule has 12 heavy (non-hydrogen) atoms. The van der Waals surface area contributed by atoms with Gasteiger partial charge in [-0.05, 0) is 24.1 Å². The van der Waals surface area contributed by atoms with Gasteiger partial charge in [-0.2, -0.15) is 0 Å². The van der Waals surface area contributed by atoms with E-state index >= 15 is 0 Å². The Morgan fingerprint density at radius 3 is 2.50 bits per heavy atom. The predicted molar refractivity (Wildman–Crippen MR) is 48.7 cm³/mol. The molecular formula is C9H9ClNO. The van der Waals surface area contributed by atoms with Gasteiger partial charge in [0.1, 0.15) is 0 Å². The van der Waals surface area contributed by atoms with Gasteiger partial charge in [0.05, 0.1) is 0 Å². The molecule has 0 saturated heterocycles. The zero-order valence-corrected chi connectivity index (χ0v) is 7.21. The van der Waals surface area contributed by atoms with Crippen molar-refractivity contribution < 1.29 is 4.79 Å². The van der Waals surface area contributed by atoms with Gasteiger partial charge in [-0.25, -0.2) is 0 Å². The summed E-state index contributed by atoms with van der Waals surface area (Å²) in [6.45, 7) is 0. The third-order valence-corrected chi connectivity index (χ3v) is 1.66. The summed E-state index contributed by atoms with van der Waals surface area (Å²) in [4.78, 5) is 10.4. The minimum Gasteiger partial charge on any atom is -0.370 e. The van der Waals surface area contributed by atoms with Gasteiger partial charge in [0.25, 0.3) is 0 Å². The summed E-state index contributed by atoms with van der Waals surface area (Å²) in [6, 6.07) is 7.22. The van der Waals surface area contributed by atoms with Crippen molar-refractivity contribution in [1.82, 2.24) is 0 Å². The smallest absolute Gasteiger partial charge is 0.218 e. The Labute approximate surface area is 76.3 Å². The summed E-state index contributed by atoms with van der Waals surface area (Å²) in [5.41, 5.74) is 5.93. The maximum atomic E-state index is 10.4. The molecule has 0 aliphatic heterocycles. The molecule has 1 amide bonds. The molecule has 0 bridgehead atoms. The number of halogens is 1. The molecule has 1 aromatic rings. The van der Waals surface area contributed by atoms with Crippen molar-refractivity contribution in [2.75, 3.05) is 0 Å². The number of carbonyl (C=O) groups is 1. The SMILES string of the molecule is NC(=O)C[CH]c1ccc(Cl)cc1. The summed E-state index contributed by atoms with van der Waals surface area (Å²) in [5.74, 6) is -0.329. The summed E-state index contributed by atoms with van der Waals surface area (Å²) in [5, 5.41) is 0.686. The minimum absolute atomic E-state index is 0.266. The first-order valence-electron chi connectivity index (χ1n) is 3.55. The molecule has 0 aliphatic carbocycles. The van der Waals surface area contributed by atoms with E-state index in [0.29, 0.717) is 5.02 Å². The molecule has 0 aromatic heterocycles. The van der Waals surface area contributed by atoms with Crippen LogP contribution in [0.15, 0.2) is 24.3 Å². The Balaban J connectivity index is 2.53. The van der Waals surface area contributed by atoms with Crippen molar-refractivity contribution in [3.05, 3.63) is 41.3 Å². The highest BCUT2D eigenvalue weighted by atomic mass is 35.5. The Hall–Kier alpha value is -1.02. The Kier molecular flexibility index (Phi) is 3.11. The fourth-order valence-corrected chi connectivity index (χ4v) is 0.943. The van der Waals surface area contributed by atoms with Gasteiger partial charge in [-0.3, -0.25) is 4.79 Å². The lowest BCUT2D eigenvalue weighted by molar-refractivity contribution is -0.117. The number of carbonyl (C=O) groups excluding carboxylic acids is 1. The third-order valence-electron chi connectivity index (χ3n) is 1.41. The van der Waals surface area contributed by atoms with Gasteiger partial charge < -0.3 is 5.73 Å². The lowest BCUT2D eigenvalue weighted by Gasteiger charge is -1.97. The van der Waals surface area contributed by atoms with E-state index in [1.54, 1.807) is 18.6 Å². The second kappa shape index (κ2) is 4.12.